The number of carboxylic acids is 1. The lowest BCUT2D eigenvalue weighted by Crippen LogP contribution is -2.54. The van der Waals surface area contributed by atoms with Gasteiger partial charge in [-0.05, 0) is 19.3 Å². The Labute approximate surface area is 104 Å². The van der Waals surface area contributed by atoms with E-state index in [0.29, 0.717) is 13.0 Å². The van der Waals surface area contributed by atoms with Crippen LogP contribution in [0.2, 0.25) is 0 Å². The van der Waals surface area contributed by atoms with Gasteiger partial charge in [-0.25, -0.2) is 9.59 Å². The molecule has 0 radical (unpaired) electrons. The average molecular weight is 259 g/mol. The molecule has 18 heavy (non-hydrogen) atoms. The van der Waals surface area contributed by atoms with Crippen LogP contribution in [0.4, 0.5) is 4.79 Å². The number of rotatable bonds is 4. The van der Waals surface area contributed by atoms with Crippen LogP contribution >= 0.6 is 0 Å². The highest BCUT2D eigenvalue weighted by molar-refractivity contribution is 5.86. The zero-order valence-corrected chi connectivity index (χ0v) is 9.83. The van der Waals surface area contributed by atoms with Crippen molar-refractivity contribution in [2.75, 3.05) is 13.1 Å². The van der Waals surface area contributed by atoms with Crippen LogP contribution in [0, 0.1) is 0 Å². The Balaban J connectivity index is 2.53. The Kier molecular flexibility index (Phi) is 4.90. The predicted octanol–water partition coefficient (Wildman–Crippen LogP) is -1.52. The summed E-state index contributed by atoms with van der Waals surface area (Å²) in [6.07, 6.45) is 0.420. The molecular formula is C10H17N3O5. The van der Waals surface area contributed by atoms with Gasteiger partial charge < -0.3 is 26.2 Å². The van der Waals surface area contributed by atoms with E-state index in [0.717, 1.165) is 12.8 Å². The summed E-state index contributed by atoms with van der Waals surface area (Å²) in [7, 11) is 0. The van der Waals surface area contributed by atoms with Crippen molar-refractivity contribution in [2.24, 2.45) is 5.73 Å². The first-order chi connectivity index (χ1) is 8.43. The van der Waals surface area contributed by atoms with Crippen LogP contribution < -0.4 is 11.1 Å². The fourth-order valence-corrected chi connectivity index (χ4v) is 1.84. The number of carboxylic acid groups (broad SMARTS) is 1. The number of amides is 3. The van der Waals surface area contributed by atoms with Gasteiger partial charge in [0.05, 0.1) is 6.54 Å². The third-order valence-corrected chi connectivity index (χ3v) is 2.82. The molecule has 0 aliphatic carbocycles. The molecule has 0 aromatic rings. The van der Waals surface area contributed by atoms with Crippen LogP contribution in [0.1, 0.15) is 19.3 Å². The van der Waals surface area contributed by atoms with E-state index in [1.54, 1.807) is 0 Å². The van der Waals surface area contributed by atoms with Gasteiger partial charge >= 0.3 is 12.0 Å². The molecule has 8 heteroatoms. The van der Waals surface area contributed by atoms with Gasteiger partial charge in [0.2, 0.25) is 5.91 Å². The number of likely N-dealkylation sites (tertiary alicyclic amines) is 1. The molecule has 3 amide bonds. The minimum absolute atomic E-state index is 0.391. The number of piperidine rings is 1. The molecule has 1 rings (SSSR count). The zero-order chi connectivity index (χ0) is 13.7. The largest absolute Gasteiger partial charge is 0.479 e. The Bertz CT molecular complexity index is 346. The molecule has 0 aromatic carbocycles. The van der Waals surface area contributed by atoms with Crippen molar-refractivity contribution in [1.29, 1.82) is 0 Å². The molecular weight excluding hydrogens is 242 g/mol. The van der Waals surface area contributed by atoms with Crippen LogP contribution in [0.3, 0.4) is 0 Å². The van der Waals surface area contributed by atoms with Gasteiger partial charge in [-0.1, -0.05) is 0 Å². The third-order valence-electron chi connectivity index (χ3n) is 2.82. The second kappa shape index (κ2) is 6.20. The fourth-order valence-electron chi connectivity index (χ4n) is 1.84. The van der Waals surface area contributed by atoms with E-state index in [-0.39, 0.29) is 0 Å². The summed E-state index contributed by atoms with van der Waals surface area (Å²) >= 11 is 0. The minimum atomic E-state index is -1.66. The van der Waals surface area contributed by atoms with Crippen LogP contribution in [0.25, 0.3) is 0 Å². The molecule has 1 aliphatic rings. The second-order valence-corrected chi connectivity index (χ2v) is 4.15. The van der Waals surface area contributed by atoms with Gasteiger partial charge in [-0.2, -0.15) is 0 Å². The molecule has 1 fully saturated rings. The second-order valence-electron chi connectivity index (χ2n) is 4.15. The molecule has 1 heterocycles. The lowest BCUT2D eigenvalue weighted by molar-refractivity contribution is -0.146. The molecule has 8 nitrogen and oxygen atoms in total. The van der Waals surface area contributed by atoms with Crippen molar-refractivity contribution in [1.82, 2.24) is 10.2 Å². The maximum Gasteiger partial charge on any atom is 0.334 e. The Morgan fingerprint density at radius 1 is 1.39 bits per heavy atom. The summed E-state index contributed by atoms with van der Waals surface area (Å²) < 4.78 is 0. The van der Waals surface area contributed by atoms with Gasteiger partial charge in [0.15, 0.2) is 6.10 Å². The van der Waals surface area contributed by atoms with Crippen molar-refractivity contribution in [2.45, 2.75) is 31.4 Å². The molecule has 1 saturated heterocycles. The summed E-state index contributed by atoms with van der Waals surface area (Å²) in [6, 6.07) is -1.25. The standard InChI is InChI=1S/C10H17N3O5/c11-8(15)6-3-1-2-4-13(6)10(18)12-5-7(14)9(16)17/h6-7,14H,1-5H2,(H2,11,15)(H,12,18)(H,16,17). The lowest BCUT2D eigenvalue weighted by Gasteiger charge is -2.33. The number of aliphatic hydroxyl groups is 1. The summed E-state index contributed by atoms with van der Waals surface area (Å²) in [4.78, 5) is 34.6. The number of nitrogens with two attached hydrogens (primary N) is 1. The highest BCUT2D eigenvalue weighted by atomic mass is 16.4. The molecule has 1 aliphatic heterocycles. The van der Waals surface area contributed by atoms with Crippen molar-refractivity contribution in [3.05, 3.63) is 0 Å². The van der Waals surface area contributed by atoms with Crippen LogP contribution in [0.15, 0.2) is 0 Å². The quantitative estimate of drug-likeness (QED) is 0.486. The molecule has 0 bridgehead atoms. The first-order valence-corrected chi connectivity index (χ1v) is 5.68. The Hall–Kier alpha value is -1.83. The van der Waals surface area contributed by atoms with Gasteiger partial charge in [0, 0.05) is 6.54 Å². The molecule has 2 atom stereocenters. The van der Waals surface area contributed by atoms with E-state index in [1.165, 1.54) is 4.90 Å². The Morgan fingerprint density at radius 3 is 2.61 bits per heavy atom. The topological polar surface area (TPSA) is 133 Å². The summed E-state index contributed by atoms with van der Waals surface area (Å²) in [5, 5.41) is 19.7. The minimum Gasteiger partial charge on any atom is -0.479 e. The average Bonchev–Trinajstić information content (AvgIpc) is 2.35. The van der Waals surface area contributed by atoms with E-state index >= 15 is 0 Å². The molecule has 0 aromatic heterocycles. The maximum atomic E-state index is 11.7. The monoisotopic (exact) mass is 259 g/mol. The summed E-state index contributed by atoms with van der Waals surface area (Å²) in [5.74, 6) is -2.00. The van der Waals surface area contributed by atoms with Gasteiger partial charge in [-0.3, -0.25) is 4.79 Å². The van der Waals surface area contributed by atoms with Crippen molar-refractivity contribution in [3.8, 4) is 0 Å². The number of aliphatic hydroxyl groups excluding tert-OH is 1. The first-order valence-electron chi connectivity index (χ1n) is 5.68. The number of nitrogens with zero attached hydrogens (tertiary/aromatic N) is 1. The van der Waals surface area contributed by atoms with Gasteiger partial charge in [0.1, 0.15) is 6.04 Å². The van der Waals surface area contributed by atoms with E-state index in [1.807, 2.05) is 0 Å². The van der Waals surface area contributed by atoms with E-state index in [4.69, 9.17) is 15.9 Å². The first kappa shape index (κ1) is 14.2. The van der Waals surface area contributed by atoms with Gasteiger partial charge in [-0.15, -0.1) is 0 Å². The number of aliphatic carboxylic acids is 1. The number of primary amides is 1. The lowest BCUT2D eigenvalue weighted by atomic mass is 10.0. The molecule has 5 N–H and O–H groups in total. The van der Waals surface area contributed by atoms with Crippen molar-refractivity contribution in [3.63, 3.8) is 0 Å². The van der Waals surface area contributed by atoms with Crippen LogP contribution in [-0.2, 0) is 9.59 Å². The highest BCUT2D eigenvalue weighted by Gasteiger charge is 2.30. The zero-order valence-electron chi connectivity index (χ0n) is 9.83. The number of urea groups is 1. The highest BCUT2D eigenvalue weighted by Crippen LogP contribution is 2.16. The maximum absolute atomic E-state index is 11.7. The van der Waals surface area contributed by atoms with Crippen molar-refractivity contribution < 1.29 is 24.6 Å². The van der Waals surface area contributed by atoms with E-state index in [9.17, 15) is 14.4 Å². The summed E-state index contributed by atoms with van der Waals surface area (Å²) in [6.45, 7) is -0.0151. The van der Waals surface area contributed by atoms with Crippen LogP contribution in [0.5, 0.6) is 0 Å². The smallest absolute Gasteiger partial charge is 0.334 e. The normalized spacial score (nSPS) is 21.2. The fraction of sp³-hybridized carbons (Fsp3) is 0.700. The number of hydrogen-bond acceptors (Lipinski definition) is 4. The number of carbonyl (C=O) groups is 3. The van der Waals surface area contributed by atoms with Gasteiger partial charge in [0.25, 0.3) is 0 Å². The van der Waals surface area contributed by atoms with E-state index in [2.05, 4.69) is 5.32 Å². The number of hydrogen-bond donors (Lipinski definition) is 4. The van der Waals surface area contributed by atoms with Crippen molar-refractivity contribution >= 4 is 17.9 Å². The van der Waals surface area contributed by atoms with E-state index < -0.39 is 36.6 Å². The molecule has 102 valence electrons. The number of nitrogens with one attached hydrogen (secondary N) is 1. The SMILES string of the molecule is NC(=O)C1CCCCN1C(=O)NCC(O)C(=O)O. The molecule has 0 saturated carbocycles. The molecule has 2 unspecified atom stereocenters. The Morgan fingerprint density at radius 2 is 2.06 bits per heavy atom. The summed E-state index contributed by atoms with van der Waals surface area (Å²) in [5.41, 5.74) is 5.20. The third kappa shape index (κ3) is 3.59. The molecule has 0 spiro atoms. The number of carbonyl (C=O) groups excluding carboxylic acids is 2. The predicted molar refractivity (Wildman–Crippen MR) is 60.6 cm³/mol. The van der Waals surface area contributed by atoms with Crippen LogP contribution in [-0.4, -0.2) is 58.3 Å².